The number of pyridine rings is 1. The molecule has 1 aromatic carbocycles. The fraction of sp³-hybridized carbons (Fsp3) is 0.250. The van der Waals surface area contributed by atoms with Gasteiger partial charge in [0.05, 0.1) is 17.9 Å². The van der Waals surface area contributed by atoms with E-state index in [1.165, 1.54) is 6.07 Å². The summed E-state index contributed by atoms with van der Waals surface area (Å²) in [5.41, 5.74) is 7.16. The van der Waals surface area contributed by atoms with Gasteiger partial charge >= 0.3 is 0 Å². The number of anilines is 1. The van der Waals surface area contributed by atoms with E-state index in [-0.39, 0.29) is 23.4 Å². The van der Waals surface area contributed by atoms with Crippen molar-refractivity contribution in [1.29, 1.82) is 0 Å². The fourth-order valence-corrected chi connectivity index (χ4v) is 2.26. The lowest BCUT2D eigenvalue weighted by Crippen LogP contribution is -2.32. The number of nitrogens with two attached hydrogens (primary N) is 1. The number of rotatable bonds is 4. The Kier molecular flexibility index (Phi) is 3.48. The predicted octanol–water partition coefficient (Wildman–Crippen LogP) is 2.17. The van der Waals surface area contributed by atoms with Crippen LogP contribution in [0, 0.1) is 0 Å². The molecule has 1 fully saturated rings. The number of nitrogen functional groups attached to an aromatic ring is 1. The van der Waals surface area contributed by atoms with Crippen molar-refractivity contribution in [1.82, 2.24) is 9.88 Å². The van der Waals surface area contributed by atoms with Crippen molar-refractivity contribution >= 4 is 11.6 Å². The van der Waals surface area contributed by atoms with Crippen LogP contribution in [0.15, 0.2) is 42.6 Å². The molecule has 0 bridgehead atoms. The van der Waals surface area contributed by atoms with Gasteiger partial charge < -0.3 is 15.7 Å². The molecule has 3 rings (SSSR count). The standard InChI is InChI=1S/C16H17N3O2/c17-14-7-4-11(9-15(14)20)16(21)19(13-5-6-13)10-12-3-1-2-8-18-12/h1-4,7-9,13,20H,5-6,10,17H2. The average Bonchev–Trinajstić information content (AvgIpc) is 3.33. The summed E-state index contributed by atoms with van der Waals surface area (Å²) < 4.78 is 0. The Hall–Kier alpha value is -2.56. The van der Waals surface area contributed by atoms with Crippen LogP contribution < -0.4 is 5.73 Å². The van der Waals surface area contributed by atoms with Crippen molar-refractivity contribution in [2.45, 2.75) is 25.4 Å². The molecule has 5 heteroatoms. The van der Waals surface area contributed by atoms with E-state index in [0.29, 0.717) is 12.1 Å². The number of hydrogen-bond donors (Lipinski definition) is 2. The van der Waals surface area contributed by atoms with Gasteiger partial charge in [-0.2, -0.15) is 0 Å². The normalized spacial score (nSPS) is 13.9. The highest BCUT2D eigenvalue weighted by atomic mass is 16.3. The Balaban J connectivity index is 1.83. The maximum atomic E-state index is 12.6. The summed E-state index contributed by atoms with van der Waals surface area (Å²) in [7, 11) is 0. The van der Waals surface area contributed by atoms with Crippen LogP contribution >= 0.6 is 0 Å². The number of hydrogen-bond acceptors (Lipinski definition) is 4. The summed E-state index contributed by atoms with van der Waals surface area (Å²) in [6.07, 6.45) is 3.75. The maximum Gasteiger partial charge on any atom is 0.254 e. The van der Waals surface area contributed by atoms with Gasteiger partial charge in [0, 0.05) is 17.8 Å². The van der Waals surface area contributed by atoms with Crippen LogP contribution in [0.1, 0.15) is 28.9 Å². The number of benzene rings is 1. The van der Waals surface area contributed by atoms with Crippen LogP contribution in [0.25, 0.3) is 0 Å². The van der Waals surface area contributed by atoms with Gasteiger partial charge in [0.1, 0.15) is 5.75 Å². The SMILES string of the molecule is Nc1ccc(C(=O)N(Cc2ccccn2)C2CC2)cc1O. The molecule has 1 aliphatic carbocycles. The highest BCUT2D eigenvalue weighted by Crippen LogP contribution is 2.30. The van der Waals surface area contributed by atoms with E-state index in [1.807, 2.05) is 23.1 Å². The van der Waals surface area contributed by atoms with Gasteiger partial charge in [-0.15, -0.1) is 0 Å². The van der Waals surface area contributed by atoms with Crippen molar-refractivity contribution in [3.05, 3.63) is 53.9 Å². The largest absolute Gasteiger partial charge is 0.506 e. The van der Waals surface area contributed by atoms with E-state index in [4.69, 9.17) is 5.73 Å². The molecule has 0 saturated heterocycles. The molecule has 0 spiro atoms. The smallest absolute Gasteiger partial charge is 0.254 e. The van der Waals surface area contributed by atoms with Crippen LogP contribution in [0.2, 0.25) is 0 Å². The first-order valence-corrected chi connectivity index (χ1v) is 6.94. The zero-order valence-electron chi connectivity index (χ0n) is 11.6. The fourth-order valence-electron chi connectivity index (χ4n) is 2.26. The third-order valence-electron chi connectivity index (χ3n) is 3.58. The molecule has 0 atom stereocenters. The molecule has 1 aliphatic rings. The first kappa shape index (κ1) is 13.4. The highest BCUT2D eigenvalue weighted by Gasteiger charge is 2.33. The molecule has 0 unspecified atom stereocenters. The summed E-state index contributed by atoms with van der Waals surface area (Å²) in [4.78, 5) is 18.7. The zero-order chi connectivity index (χ0) is 14.8. The minimum atomic E-state index is -0.0987. The summed E-state index contributed by atoms with van der Waals surface area (Å²) in [5.74, 6) is -0.159. The van der Waals surface area contributed by atoms with Gasteiger partial charge in [0.2, 0.25) is 0 Å². The van der Waals surface area contributed by atoms with Gasteiger partial charge in [-0.1, -0.05) is 6.07 Å². The second-order valence-electron chi connectivity index (χ2n) is 5.26. The summed E-state index contributed by atoms with van der Waals surface area (Å²) in [5, 5.41) is 9.67. The number of amides is 1. The summed E-state index contributed by atoms with van der Waals surface area (Å²) in [6.45, 7) is 0.482. The van der Waals surface area contributed by atoms with Crippen molar-refractivity contribution in [2.24, 2.45) is 0 Å². The third-order valence-corrected chi connectivity index (χ3v) is 3.58. The number of phenols is 1. The second-order valence-corrected chi connectivity index (χ2v) is 5.26. The Morgan fingerprint density at radius 2 is 2.14 bits per heavy atom. The average molecular weight is 283 g/mol. The lowest BCUT2D eigenvalue weighted by atomic mass is 10.1. The molecule has 5 nitrogen and oxygen atoms in total. The predicted molar refractivity (Wildman–Crippen MR) is 79.7 cm³/mol. The molecule has 1 amide bonds. The number of carbonyl (C=O) groups is 1. The molecule has 21 heavy (non-hydrogen) atoms. The van der Waals surface area contributed by atoms with Crippen LogP contribution in [0.3, 0.4) is 0 Å². The molecule has 3 N–H and O–H groups in total. The monoisotopic (exact) mass is 283 g/mol. The Morgan fingerprint density at radius 3 is 2.76 bits per heavy atom. The molecule has 1 saturated carbocycles. The van der Waals surface area contributed by atoms with Gasteiger partial charge in [0.25, 0.3) is 5.91 Å². The topological polar surface area (TPSA) is 79.5 Å². The van der Waals surface area contributed by atoms with Crippen LogP contribution in [-0.2, 0) is 6.54 Å². The molecule has 0 radical (unpaired) electrons. The Morgan fingerprint density at radius 1 is 1.33 bits per heavy atom. The highest BCUT2D eigenvalue weighted by molar-refractivity contribution is 5.95. The maximum absolute atomic E-state index is 12.6. The first-order valence-electron chi connectivity index (χ1n) is 6.94. The number of aromatic hydroxyl groups is 1. The van der Waals surface area contributed by atoms with Crippen molar-refractivity contribution in [2.75, 3.05) is 5.73 Å². The van der Waals surface area contributed by atoms with Gasteiger partial charge in [-0.05, 0) is 43.2 Å². The number of nitrogens with zero attached hydrogens (tertiary/aromatic N) is 2. The quantitative estimate of drug-likeness (QED) is 0.665. The number of phenolic OH excluding ortho intramolecular Hbond substituents is 1. The molecule has 1 heterocycles. The van der Waals surface area contributed by atoms with E-state index < -0.39 is 0 Å². The van der Waals surface area contributed by atoms with Crippen LogP contribution in [0.5, 0.6) is 5.75 Å². The lowest BCUT2D eigenvalue weighted by Gasteiger charge is -2.22. The van der Waals surface area contributed by atoms with E-state index in [1.54, 1.807) is 18.3 Å². The Bertz CT molecular complexity index is 654. The van der Waals surface area contributed by atoms with Crippen molar-refractivity contribution in [3.8, 4) is 5.75 Å². The van der Waals surface area contributed by atoms with E-state index >= 15 is 0 Å². The second kappa shape index (κ2) is 5.44. The minimum absolute atomic E-state index is 0.0607. The first-order chi connectivity index (χ1) is 10.1. The van der Waals surface area contributed by atoms with Crippen LogP contribution in [0.4, 0.5) is 5.69 Å². The molecular formula is C16H17N3O2. The zero-order valence-corrected chi connectivity index (χ0v) is 11.6. The number of carbonyl (C=O) groups excluding carboxylic acids is 1. The summed E-state index contributed by atoms with van der Waals surface area (Å²) in [6, 6.07) is 10.5. The van der Waals surface area contributed by atoms with Crippen molar-refractivity contribution in [3.63, 3.8) is 0 Å². The third kappa shape index (κ3) is 2.97. The van der Waals surface area contributed by atoms with Crippen molar-refractivity contribution < 1.29 is 9.90 Å². The van der Waals surface area contributed by atoms with E-state index in [0.717, 1.165) is 18.5 Å². The molecular weight excluding hydrogens is 266 g/mol. The van der Waals surface area contributed by atoms with E-state index in [2.05, 4.69) is 4.98 Å². The van der Waals surface area contributed by atoms with Gasteiger partial charge in [0.15, 0.2) is 0 Å². The van der Waals surface area contributed by atoms with Gasteiger partial charge in [-0.3, -0.25) is 9.78 Å². The Labute approximate surface area is 123 Å². The lowest BCUT2D eigenvalue weighted by molar-refractivity contribution is 0.0727. The van der Waals surface area contributed by atoms with Crippen LogP contribution in [-0.4, -0.2) is 26.9 Å². The molecule has 1 aromatic heterocycles. The molecule has 0 aliphatic heterocycles. The minimum Gasteiger partial charge on any atom is -0.506 e. The number of aromatic nitrogens is 1. The molecule has 108 valence electrons. The van der Waals surface area contributed by atoms with E-state index in [9.17, 15) is 9.90 Å². The van der Waals surface area contributed by atoms with Gasteiger partial charge in [-0.25, -0.2) is 0 Å². The molecule has 2 aromatic rings. The summed E-state index contributed by atoms with van der Waals surface area (Å²) >= 11 is 0.